The summed E-state index contributed by atoms with van der Waals surface area (Å²) >= 11 is 0. The Morgan fingerprint density at radius 3 is 1.45 bits per heavy atom. The molecule has 7 aromatic carbocycles. The van der Waals surface area contributed by atoms with Gasteiger partial charge in [0, 0.05) is 22.9 Å². The zero-order chi connectivity index (χ0) is 33.8. The SMILES string of the molecule is C1=CC2Oc3ccccc3C3(c4cc(-c5cccc(-c6ccccc6)c5)ccc4Nc4ccc(-c5cccc(-c6ccccc6)c5)cc43)C2C=C1. The largest absolute Gasteiger partial charge is 0.485 e. The second-order valence-electron chi connectivity index (χ2n) is 13.7. The minimum absolute atomic E-state index is 0.0359. The predicted molar refractivity (Wildman–Crippen MR) is 210 cm³/mol. The molecule has 1 spiro atoms. The third kappa shape index (κ3) is 4.79. The summed E-state index contributed by atoms with van der Waals surface area (Å²) in [5.74, 6) is 0.972. The van der Waals surface area contributed by atoms with Gasteiger partial charge in [-0.05, 0) is 104 Å². The van der Waals surface area contributed by atoms with Gasteiger partial charge < -0.3 is 10.1 Å². The molecule has 7 aromatic rings. The van der Waals surface area contributed by atoms with E-state index in [0.29, 0.717) is 0 Å². The van der Waals surface area contributed by atoms with Crippen molar-refractivity contribution in [3.8, 4) is 50.3 Å². The van der Waals surface area contributed by atoms with Gasteiger partial charge in [-0.25, -0.2) is 0 Å². The molecule has 1 aliphatic carbocycles. The lowest BCUT2D eigenvalue weighted by molar-refractivity contribution is 0.140. The van der Waals surface area contributed by atoms with Crippen molar-refractivity contribution in [3.63, 3.8) is 0 Å². The van der Waals surface area contributed by atoms with Crippen LogP contribution in [0.1, 0.15) is 16.7 Å². The predicted octanol–water partition coefficient (Wildman–Crippen LogP) is 12.2. The number of nitrogens with one attached hydrogen (secondary N) is 1. The summed E-state index contributed by atoms with van der Waals surface area (Å²) < 4.78 is 6.79. The molecule has 0 aromatic heterocycles. The Bertz CT molecular complexity index is 2360. The van der Waals surface area contributed by atoms with E-state index in [1.165, 1.54) is 61.2 Å². The maximum atomic E-state index is 6.79. The monoisotopic (exact) mass is 653 g/mol. The molecule has 0 saturated carbocycles. The third-order valence-corrected chi connectivity index (χ3v) is 10.9. The molecule has 1 N–H and O–H groups in total. The first-order valence-corrected chi connectivity index (χ1v) is 17.7. The maximum Gasteiger partial charge on any atom is 0.125 e. The Labute approximate surface area is 299 Å². The molecule has 0 fully saturated rings. The summed E-state index contributed by atoms with van der Waals surface area (Å²) in [5, 5.41) is 3.89. The van der Waals surface area contributed by atoms with Crippen LogP contribution in [0.3, 0.4) is 0 Å². The molecular weight excluding hydrogens is 619 g/mol. The van der Waals surface area contributed by atoms with E-state index < -0.39 is 5.41 Å². The van der Waals surface area contributed by atoms with Gasteiger partial charge in [0.15, 0.2) is 0 Å². The normalized spacial score (nSPS) is 17.3. The quantitative estimate of drug-likeness (QED) is 0.204. The van der Waals surface area contributed by atoms with Gasteiger partial charge in [0.2, 0.25) is 0 Å². The first-order valence-electron chi connectivity index (χ1n) is 17.7. The number of hydrogen-bond acceptors (Lipinski definition) is 2. The summed E-state index contributed by atoms with van der Waals surface area (Å²) in [6.45, 7) is 0. The summed E-state index contributed by atoms with van der Waals surface area (Å²) in [7, 11) is 0. The Balaban J connectivity index is 1.21. The molecule has 2 aliphatic heterocycles. The summed E-state index contributed by atoms with van der Waals surface area (Å²) in [6.07, 6.45) is 8.80. The van der Waals surface area contributed by atoms with Crippen LogP contribution in [0.5, 0.6) is 5.75 Å². The molecule has 0 amide bonds. The topological polar surface area (TPSA) is 21.3 Å². The van der Waals surface area contributed by atoms with Crippen molar-refractivity contribution < 1.29 is 4.74 Å². The van der Waals surface area contributed by atoms with Crippen molar-refractivity contribution in [1.29, 1.82) is 0 Å². The fourth-order valence-electron chi connectivity index (χ4n) is 8.59. The van der Waals surface area contributed by atoms with Gasteiger partial charge in [-0.1, -0.05) is 146 Å². The average molecular weight is 654 g/mol. The van der Waals surface area contributed by atoms with E-state index in [0.717, 1.165) is 17.1 Å². The van der Waals surface area contributed by atoms with Crippen LogP contribution in [-0.4, -0.2) is 6.10 Å². The highest BCUT2D eigenvalue weighted by Gasteiger charge is 2.54. The lowest BCUT2D eigenvalue weighted by atomic mass is 9.56. The van der Waals surface area contributed by atoms with Gasteiger partial charge in [-0.2, -0.15) is 0 Å². The molecule has 51 heavy (non-hydrogen) atoms. The third-order valence-electron chi connectivity index (χ3n) is 10.9. The van der Waals surface area contributed by atoms with Gasteiger partial charge in [0.1, 0.15) is 11.9 Å². The molecule has 0 radical (unpaired) electrons. The van der Waals surface area contributed by atoms with Crippen molar-refractivity contribution in [1.82, 2.24) is 0 Å². The number of benzene rings is 7. The van der Waals surface area contributed by atoms with Crippen molar-refractivity contribution in [2.24, 2.45) is 5.92 Å². The maximum absolute atomic E-state index is 6.79. The van der Waals surface area contributed by atoms with Crippen molar-refractivity contribution in [2.45, 2.75) is 11.5 Å². The zero-order valence-corrected chi connectivity index (χ0v) is 28.0. The van der Waals surface area contributed by atoms with Crippen LogP contribution in [0, 0.1) is 5.92 Å². The molecule has 10 rings (SSSR count). The highest BCUT2D eigenvalue weighted by Crippen LogP contribution is 2.60. The van der Waals surface area contributed by atoms with Gasteiger partial charge >= 0.3 is 0 Å². The Kier molecular flexibility index (Phi) is 6.89. The van der Waals surface area contributed by atoms with Gasteiger partial charge in [-0.15, -0.1) is 0 Å². The Morgan fingerprint density at radius 1 is 0.392 bits per heavy atom. The van der Waals surface area contributed by atoms with Crippen molar-refractivity contribution in [3.05, 3.63) is 211 Å². The molecule has 2 heterocycles. The number of rotatable bonds is 4. The molecular formula is C49H35NO. The van der Waals surface area contributed by atoms with Crippen LogP contribution >= 0.6 is 0 Å². The minimum atomic E-state index is -0.517. The van der Waals surface area contributed by atoms with E-state index in [1.807, 2.05) is 0 Å². The molecule has 2 heteroatoms. The first-order chi connectivity index (χ1) is 25.3. The van der Waals surface area contributed by atoms with Gasteiger partial charge in [-0.3, -0.25) is 0 Å². The van der Waals surface area contributed by atoms with Crippen LogP contribution in [0.4, 0.5) is 11.4 Å². The molecule has 0 bridgehead atoms. The number of para-hydroxylation sites is 1. The summed E-state index contributed by atoms with van der Waals surface area (Å²) in [4.78, 5) is 0. The second-order valence-corrected chi connectivity index (χ2v) is 13.7. The fraction of sp³-hybridized carbons (Fsp3) is 0.0612. The summed E-state index contributed by atoms with van der Waals surface area (Å²) in [6, 6.07) is 61.7. The smallest absolute Gasteiger partial charge is 0.125 e. The van der Waals surface area contributed by atoms with Crippen LogP contribution in [-0.2, 0) is 5.41 Å². The van der Waals surface area contributed by atoms with Crippen molar-refractivity contribution in [2.75, 3.05) is 5.32 Å². The molecule has 242 valence electrons. The lowest BCUT2D eigenvalue weighted by Crippen LogP contribution is -2.50. The second kappa shape index (κ2) is 11.9. The number of anilines is 2. The number of fused-ring (bicyclic) bond motifs is 8. The van der Waals surface area contributed by atoms with Crippen LogP contribution in [0.15, 0.2) is 194 Å². The van der Waals surface area contributed by atoms with E-state index >= 15 is 0 Å². The zero-order valence-electron chi connectivity index (χ0n) is 28.0. The number of hydrogen-bond donors (Lipinski definition) is 1. The highest BCUT2D eigenvalue weighted by molar-refractivity contribution is 5.86. The van der Waals surface area contributed by atoms with Gasteiger partial charge in [0.05, 0.1) is 5.41 Å². The fourth-order valence-corrected chi connectivity index (χ4v) is 8.59. The molecule has 0 saturated heterocycles. The van der Waals surface area contributed by atoms with E-state index in [2.05, 4.69) is 199 Å². The highest BCUT2D eigenvalue weighted by atomic mass is 16.5. The molecule has 2 nitrogen and oxygen atoms in total. The average Bonchev–Trinajstić information content (AvgIpc) is 3.21. The van der Waals surface area contributed by atoms with Crippen LogP contribution in [0.25, 0.3) is 44.5 Å². The molecule has 2 atom stereocenters. The van der Waals surface area contributed by atoms with E-state index in [1.54, 1.807) is 0 Å². The first kappa shape index (κ1) is 29.5. The Morgan fingerprint density at radius 2 is 0.863 bits per heavy atom. The molecule has 3 aliphatic rings. The van der Waals surface area contributed by atoms with E-state index in [9.17, 15) is 0 Å². The van der Waals surface area contributed by atoms with Crippen molar-refractivity contribution >= 4 is 11.4 Å². The van der Waals surface area contributed by atoms with Crippen LogP contribution in [0.2, 0.25) is 0 Å². The lowest BCUT2D eigenvalue weighted by Gasteiger charge is -2.51. The standard InChI is InChI=1S/C49H35NO/c1-3-13-33(14-4-1)35-17-11-19-37(29-35)39-25-27-45-43(31-39)49(41-21-7-9-23-47(41)51-48-24-10-8-22-42(48)49)44-32-40(26-28-46(44)50-45)38-20-12-18-36(30-38)34-15-5-2-6-16-34/h1-32,41,47,50H. The van der Waals surface area contributed by atoms with E-state index in [4.69, 9.17) is 4.74 Å². The van der Waals surface area contributed by atoms with E-state index in [-0.39, 0.29) is 12.0 Å². The Hall–Kier alpha value is -6.38. The van der Waals surface area contributed by atoms with Gasteiger partial charge in [0.25, 0.3) is 0 Å². The minimum Gasteiger partial charge on any atom is -0.485 e. The van der Waals surface area contributed by atoms with Crippen LogP contribution < -0.4 is 10.1 Å². The molecule has 2 unspecified atom stereocenters. The summed E-state index contributed by atoms with van der Waals surface area (Å²) in [5.41, 5.74) is 15.1. The number of allylic oxidation sites excluding steroid dienone is 2. The number of ether oxygens (including phenoxy) is 1.